The van der Waals surface area contributed by atoms with Crippen molar-refractivity contribution in [1.82, 2.24) is 10.2 Å². The predicted octanol–water partition coefficient (Wildman–Crippen LogP) is 2.91. The quantitative estimate of drug-likeness (QED) is 0.685. The first kappa shape index (κ1) is 21.5. The van der Waals surface area contributed by atoms with Crippen LogP contribution in [-0.2, 0) is 22.6 Å². The zero-order chi connectivity index (χ0) is 21.5. The Morgan fingerprint density at radius 3 is 2.47 bits per heavy atom. The molecule has 0 spiro atoms. The van der Waals surface area contributed by atoms with Gasteiger partial charge in [0.2, 0.25) is 18.6 Å². The largest absolute Gasteiger partial charge is 0.497 e. The highest BCUT2D eigenvalue weighted by atomic mass is 16.7. The number of ether oxygens (including phenoxy) is 3. The van der Waals surface area contributed by atoms with Crippen LogP contribution in [0.15, 0.2) is 42.5 Å². The number of likely N-dealkylation sites (N-methyl/N-ethyl adjacent to an activating group) is 1. The third-order valence-corrected chi connectivity index (χ3v) is 5.21. The molecule has 0 fully saturated rings. The topological polar surface area (TPSA) is 77.1 Å². The molecule has 0 radical (unpaired) electrons. The van der Waals surface area contributed by atoms with E-state index in [1.54, 1.807) is 19.1 Å². The second kappa shape index (κ2) is 10.0. The van der Waals surface area contributed by atoms with Crippen molar-refractivity contribution in [1.29, 1.82) is 0 Å². The average molecular weight is 412 g/mol. The van der Waals surface area contributed by atoms with Crippen LogP contribution in [0.2, 0.25) is 0 Å². The van der Waals surface area contributed by atoms with Crippen LogP contribution in [0.3, 0.4) is 0 Å². The maximum Gasteiger partial charge on any atom is 0.242 e. The second-order valence-electron chi connectivity index (χ2n) is 7.10. The number of carbonyl (C=O) groups excluding carboxylic acids is 2. The van der Waals surface area contributed by atoms with E-state index in [9.17, 15) is 9.59 Å². The van der Waals surface area contributed by atoms with Crippen LogP contribution < -0.4 is 19.5 Å². The van der Waals surface area contributed by atoms with Crippen LogP contribution in [0, 0.1) is 0 Å². The van der Waals surface area contributed by atoms with Gasteiger partial charge >= 0.3 is 0 Å². The lowest BCUT2D eigenvalue weighted by molar-refractivity contribution is -0.141. The fourth-order valence-electron chi connectivity index (χ4n) is 3.51. The van der Waals surface area contributed by atoms with Gasteiger partial charge in [0.15, 0.2) is 11.5 Å². The minimum atomic E-state index is -0.527. The summed E-state index contributed by atoms with van der Waals surface area (Å²) in [5, 5.41) is 2.67. The molecule has 1 aliphatic rings. The van der Waals surface area contributed by atoms with E-state index >= 15 is 0 Å². The highest BCUT2D eigenvalue weighted by molar-refractivity contribution is 5.87. The molecular weight excluding hydrogens is 384 g/mol. The van der Waals surface area contributed by atoms with E-state index < -0.39 is 6.04 Å². The second-order valence-corrected chi connectivity index (χ2v) is 7.10. The Kier molecular flexibility index (Phi) is 7.17. The molecule has 0 aromatic heterocycles. The summed E-state index contributed by atoms with van der Waals surface area (Å²) in [5.41, 5.74) is 1.93. The number of hydrogen-bond donors (Lipinski definition) is 1. The number of carbonyl (C=O) groups is 2. The summed E-state index contributed by atoms with van der Waals surface area (Å²) in [6, 6.07) is 12.7. The Bertz CT molecular complexity index is 882. The molecule has 1 atom stereocenters. The number of methoxy groups -OCH3 is 1. The minimum Gasteiger partial charge on any atom is -0.497 e. The zero-order valence-corrected chi connectivity index (χ0v) is 17.6. The first-order valence-corrected chi connectivity index (χ1v) is 10.1. The van der Waals surface area contributed by atoms with Gasteiger partial charge in [-0.1, -0.05) is 25.1 Å². The van der Waals surface area contributed by atoms with Crippen molar-refractivity contribution in [3.05, 3.63) is 53.6 Å². The van der Waals surface area contributed by atoms with Crippen molar-refractivity contribution in [2.45, 2.75) is 38.8 Å². The molecule has 7 nitrogen and oxygen atoms in total. The lowest BCUT2D eigenvalue weighted by Gasteiger charge is -2.30. The fourth-order valence-corrected chi connectivity index (χ4v) is 3.51. The van der Waals surface area contributed by atoms with Crippen LogP contribution in [-0.4, -0.2) is 43.7 Å². The molecule has 0 unspecified atom stereocenters. The standard InChI is InChI=1S/C23H28N2O5/c1-4-19(23(27)24-2)25(14-17-5-9-18(28-3)10-6-17)22(26)12-8-16-7-11-20-21(13-16)30-15-29-20/h5-7,9-11,13,19H,4,8,12,14-15H2,1-3H3,(H,24,27)/t19-/m0/s1. The molecule has 2 aromatic rings. The third-order valence-electron chi connectivity index (χ3n) is 5.21. The van der Waals surface area contributed by atoms with Crippen molar-refractivity contribution < 1.29 is 23.8 Å². The smallest absolute Gasteiger partial charge is 0.242 e. The number of benzene rings is 2. The number of aryl methyl sites for hydroxylation is 1. The minimum absolute atomic E-state index is 0.0704. The number of amides is 2. The normalized spacial score (nSPS) is 12.9. The maximum atomic E-state index is 13.2. The molecule has 0 saturated heterocycles. The lowest BCUT2D eigenvalue weighted by Crippen LogP contribution is -2.48. The Labute approximate surface area is 176 Å². The first-order chi connectivity index (χ1) is 14.5. The first-order valence-electron chi connectivity index (χ1n) is 10.1. The van der Waals surface area contributed by atoms with E-state index in [0.29, 0.717) is 31.6 Å². The molecule has 3 rings (SSSR count). The Morgan fingerprint density at radius 2 is 1.80 bits per heavy atom. The number of fused-ring (bicyclic) bond motifs is 1. The summed E-state index contributed by atoms with van der Waals surface area (Å²) in [6.07, 6.45) is 1.38. The van der Waals surface area contributed by atoms with Gasteiger partial charge in [0.1, 0.15) is 11.8 Å². The van der Waals surface area contributed by atoms with Crippen LogP contribution >= 0.6 is 0 Å². The molecule has 2 amide bonds. The molecule has 2 aromatic carbocycles. The number of nitrogens with zero attached hydrogens (tertiary/aromatic N) is 1. The molecule has 7 heteroatoms. The van der Waals surface area contributed by atoms with Crippen molar-refractivity contribution in [2.75, 3.05) is 21.0 Å². The van der Waals surface area contributed by atoms with Crippen LogP contribution in [0.25, 0.3) is 0 Å². The molecule has 160 valence electrons. The molecule has 30 heavy (non-hydrogen) atoms. The Hall–Kier alpha value is -3.22. The van der Waals surface area contributed by atoms with Crippen LogP contribution in [0.4, 0.5) is 0 Å². The van der Waals surface area contributed by atoms with E-state index in [0.717, 1.165) is 22.6 Å². The summed E-state index contributed by atoms with van der Waals surface area (Å²) in [6.45, 7) is 2.49. The molecule has 1 heterocycles. The van der Waals surface area contributed by atoms with Gasteiger partial charge in [-0.2, -0.15) is 0 Å². The summed E-state index contributed by atoms with van der Waals surface area (Å²) in [5.74, 6) is 1.93. The molecule has 0 bridgehead atoms. The monoisotopic (exact) mass is 412 g/mol. The van der Waals surface area contributed by atoms with E-state index in [1.165, 1.54) is 0 Å². The van der Waals surface area contributed by atoms with Gasteiger partial charge in [0.25, 0.3) is 0 Å². The van der Waals surface area contributed by atoms with Gasteiger partial charge in [0.05, 0.1) is 7.11 Å². The molecule has 0 aliphatic carbocycles. The SMILES string of the molecule is CC[C@@H](C(=O)NC)N(Cc1ccc(OC)cc1)C(=O)CCc1ccc2c(c1)OCO2. The molecular formula is C23H28N2O5. The lowest BCUT2D eigenvalue weighted by atomic mass is 10.1. The van der Waals surface area contributed by atoms with Gasteiger partial charge in [-0.15, -0.1) is 0 Å². The predicted molar refractivity (Wildman–Crippen MR) is 113 cm³/mol. The number of hydrogen-bond acceptors (Lipinski definition) is 5. The average Bonchev–Trinajstić information content (AvgIpc) is 3.25. The zero-order valence-electron chi connectivity index (χ0n) is 17.6. The van der Waals surface area contributed by atoms with Gasteiger partial charge in [-0.25, -0.2) is 0 Å². The molecule has 0 saturated carbocycles. The Morgan fingerprint density at radius 1 is 1.10 bits per heavy atom. The number of nitrogens with one attached hydrogen (secondary N) is 1. The van der Waals surface area contributed by atoms with Crippen molar-refractivity contribution in [3.8, 4) is 17.2 Å². The van der Waals surface area contributed by atoms with Crippen molar-refractivity contribution in [2.24, 2.45) is 0 Å². The van der Waals surface area contributed by atoms with E-state index in [-0.39, 0.29) is 18.6 Å². The van der Waals surface area contributed by atoms with Gasteiger partial charge in [0, 0.05) is 20.0 Å². The van der Waals surface area contributed by atoms with E-state index in [4.69, 9.17) is 14.2 Å². The number of rotatable bonds is 9. The Balaban J connectivity index is 1.73. The summed E-state index contributed by atoms with van der Waals surface area (Å²) < 4.78 is 15.9. The maximum absolute atomic E-state index is 13.2. The van der Waals surface area contributed by atoms with Gasteiger partial charge in [-0.05, 0) is 48.2 Å². The van der Waals surface area contributed by atoms with Crippen LogP contribution in [0.5, 0.6) is 17.2 Å². The van der Waals surface area contributed by atoms with Gasteiger partial charge in [-0.3, -0.25) is 9.59 Å². The highest BCUT2D eigenvalue weighted by Gasteiger charge is 2.27. The third kappa shape index (κ3) is 5.03. The van der Waals surface area contributed by atoms with Crippen LogP contribution in [0.1, 0.15) is 30.9 Å². The van der Waals surface area contributed by atoms with Gasteiger partial charge < -0.3 is 24.4 Å². The van der Waals surface area contributed by atoms with E-state index in [2.05, 4.69) is 5.32 Å². The van der Waals surface area contributed by atoms with Crippen molar-refractivity contribution in [3.63, 3.8) is 0 Å². The molecule has 1 N–H and O–H groups in total. The van der Waals surface area contributed by atoms with Crippen molar-refractivity contribution >= 4 is 11.8 Å². The summed E-state index contributed by atoms with van der Waals surface area (Å²) in [7, 11) is 3.20. The van der Waals surface area contributed by atoms with E-state index in [1.807, 2.05) is 49.4 Å². The summed E-state index contributed by atoms with van der Waals surface area (Å²) in [4.78, 5) is 27.3. The summed E-state index contributed by atoms with van der Waals surface area (Å²) >= 11 is 0. The molecule has 1 aliphatic heterocycles. The fraction of sp³-hybridized carbons (Fsp3) is 0.391. The highest BCUT2D eigenvalue weighted by Crippen LogP contribution is 2.32.